The van der Waals surface area contributed by atoms with E-state index in [0.717, 1.165) is 11.6 Å². The number of carboxylic acids is 1. The van der Waals surface area contributed by atoms with Gasteiger partial charge in [0.15, 0.2) is 11.6 Å². The van der Waals surface area contributed by atoms with Gasteiger partial charge in [0.05, 0.1) is 6.61 Å². The molecule has 0 unspecified atom stereocenters. The Balaban J connectivity index is 2.86. The normalized spacial score (nSPS) is 10.6. The third-order valence-corrected chi connectivity index (χ3v) is 2.18. The fourth-order valence-electron chi connectivity index (χ4n) is 1.30. The lowest BCUT2D eigenvalue weighted by Gasteiger charge is -2.10. The SMILES string of the molecule is C=C(C)CCOc1c(F)cccc1/C=C/C(=O)O. The topological polar surface area (TPSA) is 46.5 Å². The number of para-hydroxylation sites is 1. The predicted octanol–water partition coefficient (Wildman–Crippen LogP) is 3.27. The molecule has 0 bridgehead atoms. The molecule has 1 aromatic carbocycles. The molecule has 0 saturated carbocycles. The highest BCUT2D eigenvalue weighted by Crippen LogP contribution is 2.24. The molecule has 3 nitrogen and oxygen atoms in total. The lowest BCUT2D eigenvalue weighted by Crippen LogP contribution is -2.01. The van der Waals surface area contributed by atoms with Gasteiger partial charge in [-0.1, -0.05) is 17.7 Å². The first-order valence-electron chi connectivity index (χ1n) is 5.47. The van der Waals surface area contributed by atoms with Gasteiger partial charge in [-0.2, -0.15) is 0 Å². The molecule has 18 heavy (non-hydrogen) atoms. The van der Waals surface area contributed by atoms with Crippen molar-refractivity contribution in [3.8, 4) is 5.75 Å². The van der Waals surface area contributed by atoms with E-state index >= 15 is 0 Å². The second-order valence-corrected chi connectivity index (χ2v) is 3.89. The van der Waals surface area contributed by atoms with Gasteiger partial charge >= 0.3 is 5.97 Å². The smallest absolute Gasteiger partial charge is 0.328 e. The Labute approximate surface area is 105 Å². The van der Waals surface area contributed by atoms with Gasteiger partial charge in [0, 0.05) is 18.1 Å². The van der Waals surface area contributed by atoms with Gasteiger partial charge < -0.3 is 9.84 Å². The number of benzene rings is 1. The molecule has 0 saturated heterocycles. The van der Waals surface area contributed by atoms with Crippen LogP contribution in [0.3, 0.4) is 0 Å². The summed E-state index contributed by atoms with van der Waals surface area (Å²) in [7, 11) is 0. The zero-order valence-corrected chi connectivity index (χ0v) is 10.1. The quantitative estimate of drug-likeness (QED) is 0.622. The average molecular weight is 250 g/mol. The molecule has 0 aliphatic rings. The monoisotopic (exact) mass is 250 g/mol. The first-order chi connectivity index (χ1) is 8.50. The summed E-state index contributed by atoms with van der Waals surface area (Å²) in [5.74, 6) is -1.53. The molecule has 1 rings (SSSR count). The molecule has 0 fully saturated rings. The van der Waals surface area contributed by atoms with E-state index in [0.29, 0.717) is 18.6 Å². The summed E-state index contributed by atoms with van der Waals surface area (Å²) in [6.45, 7) is 5.89. The van der Waals surface area contributed by atoms with Gasteiger partial charge in [-0.3, -0.25) is 0 Å². The van der Waals surface area contributed by atoms with Gasteiger partial charge in [0.2, 0.25) is 0 Å². The molecular weight excluding hydrogens is 235 g/mol. The molecule has 4 heteroatoms. The summed E-state index contributed by atoms with van der Waals surface area (Å²) >= 11 is 0. The molecule has 0 aromatic heterocycles. The van der Waals surface area contributed by atoms with Crippen LogP contribution in [0.2, 0.25) is 0 Å². The molecule has 0 aliphatic heterocycles. The van der Waals surface area contributed by atoms with Crippen LogP contribution in [0.15, 0.2) is 36.4 Å². The second kappa shape index (κ2) is 6.59. The van der Waals surface area contributed by atoms with Crippen molar-refractivity contribution in [3.63, 3.8) is 0 Å². The maximum Gasteiger partial charge on any atom is 0.328 e. The fraction of sp³-hybridized carbons (Fsp3) is 0.214. The molecule has 0 atom stereocenters. The number of carbonyl (C=O) groups is 1. The molecule has 0 radical (unpaired) electrons. The first-order valence-corrected chi connectivity index (χ1v) is 5.47. The van der Waals surface area contributed by atoms with Crippen LogP contribution in [0.25, 0.3) is 6.08 Å². The van der Waals surface area contributed by atoms with Crippen LogP contribution in [0.4, 0.5) is 4.39 Å². The van der Waals surface area contributed by atoms with Crippen molar-refractivity contribution >= 4 is 12.0 Å². The summed E-state index contributed by atoms with van der Waals surface area (Å²) in [4.78, 5) is 10.4. The van der Waals surface area contributed by atoms with Crippen molar-refractivity contribution in [1.82, 2.24) is 0 Å². The minimum Gasteiger partial charge on any atom is -0.490 e. The minimum absolute atomic E-state index is 0.0660. The zero-order valence-electron chi connectivity index (χ0n) is 10.1. The highest BCUT2D eigenvalue weighted by Gasteiger charge is 2.07. The van der Waals surface area contributed by atoms with E-state index in [1.54, 1.807) is 6.07 Å². The molecule has 0 amide bonds. The van der Waals surface area contributed by atoms with Crippen molar-refractivity contribution in [2.24, 2.45) is 0 Å². The highest BCUT2D eigenvalue weighted by molar-refractivity contribution is 5.85. The van der Waals surface area contributed by atoms with Crippen LogP contribution in [0, 0.1) is 5.82 Å². The number of carboxylic acid groups (broad SMARTS) is 1. The molecule has 96 valence electrons. The molecule has 0 spiro atoms. The van der Waals surface area contributed by atoms with Gasteiger partial charge in [-0.25, -0.2) is 9.18 Å². The van der Waals surface area contributed by atoms with E-state index < -0.39 is 11.8 Å². The third kappa shape index (κ3) is 4.41. The summed E-state index contributed by atoms with van der Waals surface area (Å²) in [6.07, 6.45) is 2.87. The van der Waals surface area contributed by atoms with Crippen LogP contribution in [0.5, 0.6) is 5.75 Å². The highest BCUT2D eigenvalue weighted by atomic mass is 19.1. The molecular formula is C14H15FO3. The third-order valence-electron chi connectivity index (χ3n) is 2.18. The largest absolute Gasteiger partial charge is 0.490 e. The fourth-order valence-corrected chi connectivity index (χ4v) is 1.30. The van der Waals surface area contributed by atoms with E-state index in [1.165, 1.54) is 18.2 Å². The number of rotatable bonds is 6. The second-order valence-electron chi connectivity index (χ2n) is 3.89. The number of aliphatic carboxylic acids is 1. The van der Waals surface area contributed by atoms with E-state index in [-0.39, 0.29) is 5.75 Å². The van der Waals surface area contributed by atoms with Crippen molar-refractivity contribution < 1.29 is 19.0 Å². The van der Waals surface area contributed by atoms with E-state index in [1.807, 2.05) is 6.92 Å². The van der Waals surface area contributed by atoms with Crippen molar-refractivity contribution in [2.75, 3.05) is 6.61 Å². The van der Waals surface area contributed by atoms with Gasteiger partial charge in [0.1, 0.15) is 0 Å². The molecule has 1 aromatic rings. The average Bonchev–Trinajstić information content (AvgIpc) is 2.28. The van der Waals surface area contributed by atoms with Crippen molar-refractivity contribution in [1.29, 1.82) is 0 Å². The lowest BCUT2D eigenvalue weighted by molar-refractivity contribution is -0.131. The van der Waals surface area contributed by atoms with Crippen LogP contribution in [0.1, 0.15) is 18.9 Å². The molecule has 0 heterocycles. The molecule has 0 aliphatic carbocycles. The van der Waals surface area contributed by atoms with Crippen LogP contribution in [-0.2, 0) is 4.79 Å². The Bertz CT molecular complexity index is 478. The standard InChI is InChI=1S/C14H15FO3/c1-10(2)8-9-18-14-11(6-7-13(16)17)4-3-5-12(14)15/h3-7H,1,8-9H2,2H3,(H,16,17)/b7-6+. The Hall–Kier alpha value is -2.10. The van der Waals surface area contributed by atoms with E-state index in [4.69, 9.17) is 9.84 Å². The number of ether oxygens (including phenoxy) is 1. The van der Waals surface area contributed by atoms with Crippen LogP contribution in [-0.4, -0.2) is 17.7 Å². The van der Waals surface area contributed by atoms with E-state index in [9.17, 15) is 9.18 Å². The number of halogens is 1. The van der Waals surface area contributed by atoms with Crippen LogP contribution >= 0.6 is 0 Å². The van der Waals surface area contributed by atoms with E-state index in [2.05, 4.69) is 6.58 Å². The summed E-state index contributed by atoms with van der Waals surface area (Å²) in [5.41, 5.74) is 1.34. The Kier molecular flexibility index (Phi) is 5.11. The van der Waals surface area contributed by atoms with Crippen molar-refractivity contribution in [3.05, 3.63) is 47.8 Å². The minimum atomic E-state index is -1.09. The Morgan fingerprint density at radius 2 is 2.28 bits per heavy atom. The van der Waals surface area contributed by atoms with Crippen molar-refractivity contribution in [2.45, 2.75) is 13.3 Å². The first kappa shape index (κ1) is 14.0. The number of hydrogen-bond acceptors (Lipinski definition) is 2. The van der Waals surface area contributed by atoms with Gasteiger partial charge in [-0.15, -0.1) is 6.58 Å². The maximum absolute atomic E-state index is 13.6. The number of hydrogen-bond donors (Lipinski definition) is 1. The van der Waals surface area contributed by atoms with Gasteiger partial charge in [0.25, 0.3) is 0 Å². The zero-order chi connectivity index (χ0) is 13.5. The van der Waals surface area contributed by atoms with Crippen LogP contribution < -0.4 is 4.74 Å². The summed E-state index contributed by atoms with van der Waals surface area (Å²) in [6, 6.07) is 4.37. The maximum atomic E-state index is 13.6. The predicted molar refractivity (Wildman–Crippen MR) is 68.0 cm³/mol. The van der Waals surface area contributed by atoms with Gasteiger partial charge in [-0.05, 0) is 19.1 Å². The lowest BCUT2D eigenvalue weighted by atomic mass is 10.1. The summed E-state index contributed by atoms with van der Waals surface area (Å²) < 4.78 is 18.9. The molecule has 1 N–H and O–H groups in total. The Morgan fingerprint density at radius 3 is 2.89 bits per heavy atom. The Morgan fingerprint density at radius 1 is 1.56 bits per heavy atom. The summed E-state index contributed by atoms with van der Waals surface area (Å²) in [5, 5.41) is 8.55.